The molecule has 2 aliphatic rings. The van der Waals surface area contributed by atoms with Crippen molar-refractivity contribution < 1.29 is 14.3 Å². The zero-order chi connectivity index (χ0) is 33.9. The smallest absolute Gasteiger partial charge is 0.252 e. The highest BCUT2D eigenvalue weighted by atomic mass is 35.5. The van der Waals surface area contributed by atoms with E-state index in [0.29, 0.717) is 72.2 Å². The Morgan fingerprint density at radius 1 is 0.837 bits per heavy atom. The summed E-state index contributed by atoms with van der Waals surface area (Å²) in [4.78, 5) is 36.8. The number of ether oxygens (including phenoxy) is 1. The van der Waals surface area contributed by atoms with E-state index in [0.717, 1.165) is 46.2 Å². The molecule has 0 unspecified atom stereocenters. The first-order valence-corrected chi connectivity index (χ1v) is 17.0. The zero-order valence-corrected chi connectivity index (χ0v) is 28.3. The Balaban J connectivity index is 1.09. The maximum absolute atomic E-state index is 11.5. The quantitative estimate of drug-likeness (QED) is 0.147. The van der Waals surface area contributed by atoms with E-state index in [9.17, 15) is 9.59 Å². The number of amides is 2. The molecule has 5 aromatic rings. The van der Waals surface area contributed by atoms with Gasteiger partial charge in [0.1, 0.15) is 0 Å². The molecule has 2 amide bonds. The van der Waals surface area contributed by atoms with Crippen molar-refractivity contribution in [2.45, 2.75) is 50.9 Å². The van der Waals surface area contributed by atoms with Crippen molar-refractivity contribution in [1.29, 1.82) is 0 Å². The molecular formula is C35H35Cl2N9O3. The first kappa shape index (κ1) is 32.9. The van der Waals surface area contributed by atoms with Gasteiger partial charge in [-0.15, -0.1) is 5.10 Å². The number of rotatable bonds is 12. The molecule has 7 rings (SSSR count). The number of aromatic nitrogens is 5. The number of methoxy groups -OCH3 is 1. The number of nitrogens with zero attached hydrogens (tertiary/aromatic N) is 5. The molecule has 49 heavy (non-hydrogen) atoms. The number of carbonyl (C=O) groups is 2. The Morgan fingerprint density at radius 3 is 2.12 bits per heavy atom. The Kier molecular flexibility index (Phi) is 9.72. The second kappa shape index (κ2) is 14.5. The van der Waals surface area contributed by atoms with Crippen molar-refractivity contribution in [2.24, 2.45) is 0 Å². The third-order valence-corrected chi connectivity index (χ3v) is 9.61. The monoisotopic (exact) mass is 699 g/mol. The summed E-state index contributed by atoms with van der Waals surface area (Å²) in [5.41, 5.74) is 5.39. The van der Waals surface area contributed by atoms with Gasteiger partial charge in [0.25, 0.3) is 5.78 Å². The average Bonchev–Trinajstić information content (AvgIpc) is 3.84. The number of carbonyl (C=O) groups excluding carboxylic acids is 2. The highest BCUT2D eigenvalue weighted by Gasteiger charge is 2.22. The molecule has 12 nitrogen and oxygen atoms in total. The van der Waals surface area contributed by atoms with Gasteiger partial charge in [0, 0.05) is 90.3 Å². The van der Waals surface area contributed by atoms with E-state index in [1.165, 1.54) is 0 Å². The van der Waals surface area contributed by atoms with Crippen molar-refractivity contribution in [3.05, 3.63) is 82.4 Å². The lowest BCUT2D eigenvalue weighted by molar-refractivity contribution is -0.120. The number of hydrogen-bond acceptors (Lipinski definition) is 9. The van der Waals surface area contributed by atoms with Crippen LogP contribution in [0.3, 0.4) is 0 Å². The van der Waals surface area contributed by atoms with Gasteiger partial charge in [-0.2, -0.15) is 4.98 Å². The minimum atomic E-state index is 0.0909. The van der Waals surface area contributed by atoms with Crippen LogP contribution in [0.4, 0.5) is 0 Å². The summed E-state index contributed by atoms with van der Waals surface area (Å²) in [6.45, 7) is 2.34. The van der Waals surface area contributed by atoms with Crippen LogP contribution in [-0.2, 0) is 22.7 Å². The third-order valence-electron chi connectivity index (χ3n) is 8.79. The minimum Gasteiger partial charge on any atom is -0.481 e. The molecular weight excluding hydrogens is 665 g/mol. The molecule has 0 saturated carbocycles. The maximum Gasteiger partial charge on any atom is 0.252 e. The van der Waals surface area contributed by atoms with Crippen molar-refractivity contribution in [3.8, 4) is 39.4 Å². The van der Waals surface area contributed by atoms with E-state index in [4.69, 9.17) is 32.9 Å². The first-order valence-electron chi connectivity index (χ1n) is 16.2. The third kappa shape index (κ3) is 7.23. The fourth-order valence-corrected chi connectivity index (χ4v) is 6.93. The minimum absolute atomic E-state index is 0.0909. The average molecular weight is 701 g/mol. The van der Waals surface area contributed by atoms with Crippen molar-refractivity contribution in [2.75, 3.05) is 20.2 Å². The molecule has 3 aromatic heterocycles. The van der Waals surface area contributed by atoms with Crippen LogP contribution < -0.4 is 26.0 Å². The van der Waals surface area contributed by atoms with Crippen LogP contribution >= 0.6 is 23.2 Å². The second-order valence-electron chi connectivity index (χ2n) is 12.2. The SMILES string of the molecule is COc1nc(-c2cccc(-c3cccc(-c4cnc5nc(CNC[C@H]6CCC(=O)N6)nn5c4)c3Cl)c2Cl)ccc1CNC[C@H]1CCC(=O)N1. The van der Waals surface area contributed by atoms with Crippen LogP contribution in [0.5, 0.6) is 5.88 Å². The van der Waals surface area contributed by atoms with Gasteiger partial charge < -0.3 is 26.0 Å². The summed E-state index contributed by atoms with van der Waals surface area (Å²) in [6, 6.07) is 15.8. The largest absolute Gasteiger partial charge is 0.481 e. The fourth-order valence-electron chi connectivity index (χ4n) is 6.27. The molecule has 4 N–H and O–H groups in total. The first-order chi connectivity index (χ1) is 23.9. The molecule has 0 aliphatic carbocycles. The molecule has 2 fully saturated rings. The molecule has 2 aliphatic heterocycles. The number of nitrogens with one attached hydrogen (secondary N) is 4. The van der Waals surface area contributed by atoms with Gasteiger partial charge in [0.2, 0.25) is 17.7 Å². The lowest BCUT2D eigenvalue weighted by Gasteiger charge is -2.15. The van der Waals surface area contributed by atoms with Crippen LogP contribution in [0.25, 0.3) is 39.3 Å². The molecule has 2 aromatic carbocycles. The van der Waals surface area contributed by atoms with Gasteiger partial charge in [-0.1, -0.05) is 65.7 Å². The maximum atomic E-state index is 11.5. The highest BCUT2D eigenvalue weighted by Crippen LogP contribution is 2.42. The summed E-state index contributed by atoms with van der Waals surface area (Å²) in [5.74, 6) is 1.77. The van der Waals surface area contributed by atoms with E-state index < -0.39 is 0 Å². The van der Waals surface area contributed by atoms with Gasteiger partial charge in [-0.3, -0.25) is 9.59 Å². The molecule has 0 spiro atoms. The standard InChI is InChI=1S/C35H35Cl2N9O3/c1-49-34-20(14-38-16-22-9-12-30(47)41-22)8-11-28(43-34)27-7-3-6-26(33(27)37)25-5-2-4-24(32(25)36)21-15-40-35-44-29(45-46(35)19-21)18-39-17-23-10-13-31(48)42-23/h2-8,11,15,19,22-23,38-39H,9-10,12-14,16-18H2,1H3,(H,41,47)(H,42,48)/t22-,23-/m1/s1. The molecule has 5 heterocycles. The van der Waals surface area contributed by atoms with Gasteiger partial charge in [-0.05, 0) is 18.9 Å². The molecule has 2 saturated heterocycles. The summed E-state index contributed by atoms with van der Waals surface area (Å²) >= 11 is 14.2. The zero-order valence-electron chi connectivity index (χ0n) is 26.8. The van der Waals surface area contributed by atoms with E-state index >= 15 is 0 Å². The van der Waals surface area contributed by atoms with Crippen molar-refractivity contribution in [3.63, 3.8) is 0 Å². The topological polar surface area (TPSA) is 147 Å². The van der Waals surface area contributed by atoms with Gasteiger partial charge in [0.15, 0.2) is 5.82 Å². The van der Waals surface area contributed by atoms with E-state index in [1.54, 1.807) is 17.8 Å². The lowest BCUT2D eigenvalue weighted by Crippen LogP contribution is -2.35. The summed E-state index contributed by atoms with van der Waals surface area (Å²) in [7, 11) is 1.60. The van der Waals surface area contributed by atoms with E-state index in [1.807, 2.05) is 54.7 Å². The van der Waals surface area contributed by atoms with Gasteiger partial charge in [-0.25, -0.2) is 14.5 Å². The van der Waals surface area contributed by atoms with Crippen molar-refractivity contribution in [1.82, 2.24) is 45.8 Å². The van der Waals surface area contributed by atoms with Gasteiger partial charge >= 0.3 is 0 Å². The predicted molar refractivity (Wildman–Crippen MR) is 187 cm³/mol. The molecule has 2 atom stereocenters. The van der Waals surface area contributed by atoms with Crippen LogP contribution in [0, 0.1) is 0 Å². The van der Waals surface area contributed by atoms with E-state index in [2.05, 4.69) is 36.3 Å². The molecule has 0 radical (unpaired) electrons. The predicted octanol–water partition coefficient (Wildman–Crippen LogP) is 4.57. The molecule has 0 bridgehead atoms. The Labute approximate surface area is 293 Å². The van der Waals surface area contributed by atoms with E-state index in [-0.39, 0.29) is 23.9 Å². The summed E-state index contributed by atoms with van der Waals surface area (Å²) < 4.78 is 7.29. The number of halogens is 2. The number of fused-ring (bicyclic) bond motifs is 1. The number of pyridine rings is 1. The fraction of sp³-hybridized carbons (Fsp3) is 0.314. The number of benzene rings is 2. The Bertz CT molecular complexity index is 2040. The molecule has 252 valence electrons. The Morgan fingerprint density at radius 2 is 1.47 bits per heavy atom. The Hall–Kier alpha value is -4.62. The molecule has 14 heteroatoms. The number of hydrogen-bond donors (Lipinski definition) is 4. The highest BCUT2D eigenvalue weighted by molar-refractivity contribution is 6.39. The van der Waals surface area contributed by atoms with Crippen LogP contribution in [0.1, 0.15) is 37.1 Å². The summed E-state index contributed by atoms with van der Waals surface area (Å²) in [6.07, 6.45) is 6.38. The van der Waals surface area contributed by atoms with Crippen LogP contribution in [-0.4, -0.2) is 68.7 Å². The van der Waals surface area contributed by atoms with Crippen LogP contribution in [0.15, 0.2) is 60.9 Å². The van der Waals surface area contributed by atoms with Gasteiger partial charge in [0.05, 0.1) is 29.4 Å². The van der Waals surface area contributed by atoms with Crippen LogP contribution in [0.2, 0.25) is 10.0 Å². The summed E-state index contributed by atoms with van der Waals surface area (Å²) in [5, 5.41) is 18.3. The van der Waals surface area contributed by atoms with Crippen molar-refractivity contribution >= 4 is 40.8 Å². The normalized spacial score (nSPS) is 17.4. The second-order valence-corrected chi connectivity index (χ2v) is 12.9. The lowest BCUT2D eigenvalue weighted by atomic mass is 9.97.